The molecule has 0 radical (unpaired) electrons. The first-order chi connectivity index (χ1) is 8.04. The Labute approximate surface area is 97.9 Å². The van der Waals surface area contributed by atoms with Gasteiger partial charge in [-0.25, -0.2) is 4.79 Å². The highest BCUT2D eigenvalue weighted by molar-refractivity contribution is 5.78. The molecule has 1 unspecified atom stereocenters. The molecule has 17 heavy (non-hydrogen) atoms. The molecule has 0 aromatic heterocycles. The van der Waals surface area contributed by atoms with Gasteiger partial charge < -0.3 is 20.3 Å². The van der Waals surface area contributed by atoms with Crippen molar-refractivity contribution in [2.75, 3.05) is 13.7 Å². The van der Waals surface area contributed by atoms with Crippen molar-refractivity contribution in [1.29, 1.82) is 0 Å². The topological polar surface area (TPSA) is 98.9 Å². The molecule has 0 spiro atoms. The highest BCUT2D eigenvalue weighted by atomic mass is 16.6. The summed E-state index contributed by atoms with van der Waals surface area (Å²) in [5.41, 5.74) is 5.40. The fourth-order valence-corrected chi connectivity index (χ4v) is 1.31. The molecule has 1 aromatic carbocycles. The fraction of sp³-hybridized carbons (Fsp3) is 0.273. The number of hydrogen-bond acceptors (Lipinski definition) is 5. The number of carbonyl (C=O) groups is 2. The molecule has 0 aliphatic carbocycles. The van der Waals surface area contributed by atoms with Crippen LogP contribution in [0.4, 0.5) is 4.79 Å². The number of aromatic hydroxyl groups is 1. The standard InChI is InChI=1S/C11H13NO5/c1-16-10(14)9(6-17-11(12)15)7-2-4-8(13)5-3-7/h2-5,9,13H,6H2,1H3,(H2,12,15). The van der Waals surface area contributed by atoms with Gasteiger partial charge in [-0.05, 0) is 17.7 Å². The van der Waals surface area contributed by atoms with Crippen molar-refractivity contribution in [3.8, 4) is 5.75 Å². The van der Waals surface area contributed by atoms with Gasteiger partial charge in [0.25, 0.3) is 0 Å². The number of phenols is 1. The van der Waals surface area contributed by atoms with Gasteiger partial charge in [-0.15, -0.1) is 0 Å². The third-order valence-corrected chi connectivity index (χ3v) is 2.17. The summed E-state index contributed by atoms with van der Waals surface area (Å²) >= 11 is 0. The maximum absolute atomic E-state index is 11.5. The number of rotatable bonds is 4. The van der Waals surface area contributed by atoms with Crippen LogP contribution >= 0.6 is 0 Å². The van der Waals surface area contributed by atoms with Crippen LogP contribution in [0.25, 0.3) is 0 Å². The Balaban J connectivity index is 2.85. The summed E-state index contributed by atoms with van der Waals surface area (Å²) in [4.78, 5) is 22.0. The van der Waals surface area contributed by atoms with Crippen molar-refractivity contribution in [2.24, 2.45) is 5.73 Å². The Morgan fingerprint density at radius 1 is 1.35 bits per heavy atom. The lowest BCUT2D eigenvalue weighted by molar-refractivity contribution is -0.143. The number of ether oxygens (including phenoxy) is 2. The van der Waals surface area contributed by atoms with E-state index in [2.05, 4.69) is 9.47 Å². The predicted molar refractivity (Wildman–Crippen MR) is 58.4 cm³/mol. The van der Waals surface area contributed by atoms with Gasteiger partial charge in [-0.3, -0.25) is 4.79 Å². The van der Waals surface area contributed by atoms with Crippen LogP contribution in [0.15, 0.2) is 24.3 Å². The zero-order valence-corrected chi connectivity index (χ0v) is 9.25. The summed E-state index contributed by atoms with van der Waals surface area (Å²) in [7, 11) is 1.24. The summed E-state index contributed by atoms with van der Waals surface area (Å²) in [6, 6.07) is 5.94. The molecule has 0 aliphatic rings. The molecular formula is C11H13NO5. The minimum atomic E-state index is -0.960. The first kappa shape index (κ1) is 12.8. The molecule has 0 saturated heterocycles. The van der Waals surface area contributed by atoms with Crippen LogP contribution in [0, 0.1) is 0 Å². The van der Waals surface area contributed by atoms with Crippen molar-refractivity contribution >= 4 is 12.1 Å². The summed E-state index contributed by atoms with van der Waals surface area (Å²) in [6.07, 6.45) is -0.960. The number of phenolic OH excluding ortho intramolecular Hbond substituents is 1. The highest BCUT2D eigenvalue weighted by Crippen LogP contribution is 2.20. The smallest absolute Gasteiger partial charge is 0.404 e. The second-order valence-corrected chi connectivity index (χ2v) is 3.30. The molecule has 1 atom stereocenters. The Kier molecular flexibility index (Phi) is 4.33. The van der Waals surface area contributed by atoms with Gasteiger partial charge in [0.1, 0.15) is 18.3 Å². The van der Waals surface area contributed by atoms with Crippen LogP contribution in [-0.4, -0.2) is 30.9 Å². The molecule has 6 nitrogen and oxygen atoms in total. The minimum Gasteiger partial charge on any atom is -0.508 e. The van der Waals surface area contributed by atoms with Crippen LogP contribution in [0.2, 0.25) is 0 Å². The van der Waals surface area contributed by atoms with Crippen LogP contribution in [-0.2, 0) is 14.3 Å². The number of nitrogens with two attached hydrogens (primary N) is 1. The second kappa shape index (κ2) is 5.74. The van der Waals surface area contributed by atoms with Crippen molar-refractivity contribution in [2.45, 2.75) is 5.92 Å². The highest BCUT2D eigenvalue weighted by Gasteiger charge is 2.22. The van der Waals surface area contributed by atoms with Gasteiger partial charge in [-0.2, -0.15) is 0 Å². The number of hydrogen-bond donors (Lipinski definition) is 2. The van der Waals surface area contributed by atoms with Gasteiger partial charge in [0.15, 0.2) is 0 Å². The number of carbonyl (C=O) groups excluding carboxylic acids is 2. The van der Waals surface area contributed by atoms with E-state index in [1.807, 2.05) is 0 Å². The second-order valence-electron chi connectivity index (χ2n) is 3.30. The lowest BCUT2D eigenvalue weighted by Gasteiger charge is -2.14. The van der Waals surface area contributed by atoms with Crippen molar-refractivity contribution in [3.63, 3.8) is 0 Å². The van der Waals surface area contributed by atoms with E-state index in [0.29, 0.717) is 5.56 Å². The molecule has 1 rings (SSSR count). The molecular weight excluding hydrogens is 226 g/mol. The number of amides is 1. The van der Waals surface area contributed by atoms with E-state index < -0.39 is 18.0 Å². The van der Waals surface area contributed by atoms with E-state index in [0.717, 1.165) is 0 Å². The van der Waals surface area contributed by atoms with E-state index in [4.69, 9.17) is 10.8 Å². The first-order valence-corrected chi connectivity index (χ1v) is 4.83. The van der Waals surface area contributed by atoms with Gasteiger partial charge >= 0.3 is 12.1 Å². The van der Waals surface area contributed by atoms with Gasteiger partial charge in [0, 0.05) is 0 Å². The Bertz CT molecular complexity index is 401. The molecule has 0 aliphatic heterocycles. The molecule has 6 heteroatoms. The zero-order chi connectivity index (χ0) is 12.8. The summed E-state index contributed by atoms with van der Waals surface area (Å²) < 4.78 is 9.18. The molecule has 1 aromatic rings. The quantitative estimate of drug-likeness (QED) is 0.755. The minimum absolute atomic E-state index is 0.0770. The maximum Gasteiger partial charge on any atom is 0.404 e. The maximum atomic E-state index is 11.5. The van der Waals surface area contributed by atoms with E-state index in [1.165, 1.54) is 19.2 Å². The normalized spacial score (nSPS) is 11.6. The number of methoxy groups -OCH3 is 1. The van der Waals surface area contributed by atoms with Crippen LogP contribution < -0.4 is 5.73 Å². The Morgan fingerprint density at radius 3 is 2.41 bits per heavy atom. The van der Waals surface area contributed by atoms with E-state index in [9.17, 15) is 9.59 Å². The third-order valence-electron chi connectivity index (χ3n) is 2.17. The average Bonchev–Trinajstić information content (AvgIpc) is 2.30. The average molecular weight is 239 g/mol. The molecule has 1 amide bonds. The van der Waals surface area contributed by atoms with Crippen molar-refractivity contribution in [1.82, 2.24) is 0 Å². The van der Waals surface area contributed by atoms with Crippen LogP contribution in [0.5, 0.6) is 5.75 Å². The van der Waals surface area contributed by atoms with Crippen LogP contribution in [0.3, 0.4) is 0 Å². The summed E-state index contributed by atoms with van der Waals surface area (Å²) in [6.45, 7) is -0.202. The molecule has 92 valence electrons. The number of primary amides is 1. The molecule has 0 heterocycles. The monoisotopic (exact) mass is 239 g/mol. The van der Waals surface area contributed by atoms with Gasteiger partial charge in [0.05, 0.1) is 7.11 Å². The summed E-state index contributed by atoms with van der Waals surface area (Å²) in [5.74, 6) is -1.22. The van der Waals surface area contributed by atoms with Crippen molar-refractivity contribution < 1.29 is 24.2 Å². The molecule has 0 saturated carbocycles. The van der Waals surface area contributed by atoms with Gasteiger partial charge in [0.2, 0.25) is 0 Å². The van der Waals surface area contributed by atoms with E-state index >= 15 is 0 Å². The van der Waals surface area contributed by atoms with E-state index in [-0.39, 0.29) is 12.4 Å². The summed E-state index contributed by atoms with van der Waals surface area (Å²) in [5, 5.41) is 9.13. The molecule has 3 N–H and O–H groups in total. The van der Waals surface area contributed by atoms with Crippen LogP contribution in [0.1, 0.15) is 11.5 Å². The predicted octanol–water partition coefficient (Wildman–Crippen LogP) is 0.744. The third kappa shape index (κ3) is 3.67. The lowest BCUT2D eigenvalue weighted by Crippen LogP contribution is -2.23. The first-order valence-electron chi connectivity index (χ1n) is 4.83. The molecule has 0 bridgehead atoms. The SMILES string of the molecule is COC(=O)C(COC(N)=O)c1ccc(O)cc1. The van der Waals surface area contributed by atoms with E-state index in [1.54, 1.807) is 12.1 Å². The van der Waals surface area contributed by atoms with Crippen molar-refractivity contribution in [3.05, 3.63) is 29.8 Å². The number of esters is 1. The zero-order valence-electron chi connectivity index (χ0n) is 9.25. The lowest BCUT2D eigenvalue weighted by atomic mass is 10.0. The van der Waals surface area contributed by atoms with Gasteiger partial charge in [-0.1, -0.05) is 12.1 Å². The number of benzene rings is 1. The Hall–Kier alpha value is -2.24. The fourth-order valence-electron chi connectivity index (χ4n) is 1.31. The molecule has 0 fully saturated rings. The largest absolute Gasteiger partial charge is 0.508 e. The Morgan fingerprint density at radius 2 is 1.94 bits per heavy atom.